The summed E-state index contributed by atoms with van der Waals surface area (Å²) in [7, 11) is 1.56. The quantitative estimate of drug-likeness (QED) is 0.515. The van der Waals surface area contributed by atoms with Gasteiger partial charge in [-0.25, -0.2) is 9.18 Å². The van der Waals surface area contributed by atoms with Crippen molar-refractivity contribution in [1.82, 2.24) is 9.88 Å². The molecule has 0 radical (unpaired) electrons. The number of ether oxygens (including phenoxy) is 2. The fourth-order valence-electron chi connectivity index (χ4n) is 4.20. The highest BCUT2D eigenvalue weighted by Crippen LogP contribution is 2.32. The molecule has 1 aliphatic heterocycles. The maximum Gasteiger partial charge on any atom is 0.356 e. The third-order valence-electron chi connectivity index (χ3n) is 6.17. The van der Waals surface area contributed by atoms with E-state index in [-0.39, 0.29) is 24.0 Å². The molecule has 1 amide bonds. The van der Waals surface area contributed by atoms with Gasteiger partial charge in [0.1, 0.15) is 17.3 Å². The third kappa shape index (κ3) is 4.84. The molecule has 9 heteroatoms. The molecule has 1 atom stereocenters. The molecule has 34 heavy (non-hydrogen) atoms. The predicted octanol–water partition coefficient (Wildman–Crippen LogP) is 3.64. The summed E-state index contributed by atoms with van der Waals surface area (Å²) in [6, 6.07) is 11.4. The second-order valence-corrected chi connectivity index (χ2v) is 8.17. The summed E-state index contributed by atoms with van der Waals surface area (Å²) in [4.78, 5) is 33.1. The van der Waals surface area contributed by atoms with Crippen LogP contribution in [0.2, 0.25) is 0 Å². The Bertz CT molecular complexity index is 1170. The van der Waals surface area contributed by atoms with Gasteiger partial charge in [-0.1, -0.05) is 0 Å². The van der Waals surface area contributed by atoms with E-state index in [1.54, 1.807) is 44.4 Å². The Balaban J connectivity index is 1.49. The first-order valence-electron chi connectivity index (χ1n) is 11.3. The van der Waals surface area contributed by atoms with Crippen LogP contribution in [0.15, 0.2) is 42.5 Å². The smallest absolute Gasteiger partial charge is 0.356 e. The van der Waals surface area contributed by atoms with E-state index in [1.807, 2.05) is 6.92 Å². The second kappa shape index (κ2) is 10.1. The molecule has 1 fully saturated rings. The molecule has 3 aromatic rings. The summed E-state index contributed by atoms with van der Waals surface area (Å²) in [5.74, 6) is -0.398. The van der Waals surface area contributed by atoms with Crippen LogP contribution in [0.5, 0.6) is 5.75 Å². The van der Waals surface area contributed by atoms with Gasteiger partial charge in [-0.3, -0.25) is 9.69 Å². The van der Waals surface area contributed by atoms with Crippen LogP contribution >= 0.6 is 0 Å². The van der Waals surface area contributed by atoms with Gasteiger partial charge in [0.15, 0.2) is 0 Å². The van der Waals surface area contributed by atoms with E-state index >= 15 is 0 Å². The topological polar surface area (TPSA) is 86.9 Å². The number of rotatable bonds is 7. The lowest BCUT2D eigenvalue weighted by Gasteiger charge is -2.38. The van der Waals surface area contributed by atoms with E-state index in [4.69, 9.17) is 9.47 Å². The van der Waals surface area contributed by atoms with Crippen LogP contribution in [0.25, 0.3) is 10.9 Å². The number of benzene rings is 2. The Kier molecular flexibility index (Phi) is 7.02. The summed E-state index contributed by atoms with van der Waals surface area (Å²) >= 11 is 0. The average Bonchev–Trinajstić information content (AvgIpc) is 3.21. The van der Waals surface area contributed by atoms with Gasteiger partial charge in [-0.15, -0.1) is 0 Å². The number of esters is 1. The molecule has 2 aromatic carbocycles. The Labute approximate surface area is 197 Å². The number of hydrogen-bond donors (Lipinski definition) is 2. The number of carbonyl (C=O) groups is 2. The Morgan fingerprint density at radius 3 is 2.47 bits per heavy atom. The maximum atomic E-state index is 13.2. The van der Waals surface area contributed by atoms with Gasteiger partial charge in [-0.05, 0) is 56.3 Å². The van der Waals surface area contributed by atoms with E-state index in [0.29, 0.717) is 35.4 Å². The van der Waals surface area contributed by atoms with Crippen molar-refractivity contribution in [2.45, 2.75) is 19.9 Å². The number of nitrogens with zero attached hydrogens (tertiary/aromatic N) is 2. The molecule has 1 aromatic heterocycles. The molecular weight excluding hydrogens is 439 g/mol. The second-order valence-electron chi connectivity index (χ2n) is 8.17. The van der Waals surface area contributed by atoms with Gasteiger partial charge >= 0.3 is 5.97 Å². The summed E-state index contributed by atoms with van der Waals surface area (Å²) in [5, 5.41) is 3.62. The van der Waals surface area contributed by atoms with E-state index in [9.17, 15) is 14.0 Å². The van der Waals surface area contributed by atoms with Gasteiger partial charge in [0.25, 0.3) is 0 Å². The maximum absolute atomic E-state index is 13.2. The van der Waals surface area contributed by atoms with Crippen molar-refractivity contribution in [2.75, 3.05) is 50.1 Å². The number of hydrogen-bond acceptors (Lipinski definition) is 6. The molecule has 4 rings (SSSR count). The molecule has 0 saturated carbocycles. The number of aromatic amines is 1. The van der Waals surface area contributed by atoms with Crippen LogP contribution in [0.3, 0.4) is 0 Å². The molecule has 2 heterocycles. The van der Waals surface area contributed by atoms with E-state index in [2.05, 4.69) is 20.1 Å². The number of halogens is 1. The van der Waals surface area contributed by atoms with Gasteiger partial charge in [0, 0.05) is 42.8 Å². The number of aromatic nitrogens is 1. The van der Waals surface area contributed by atoms with Crippen molar-refractivity contribution < 1.29 is 23.5 Å². The number of amides is 1. The largest absolute Gasteiger partial charge is 0.497 e. The summed E-state index contributed by atoms with van der Waals surface area (Å²) < 4.78 is 23.7. The van der Waals surface area contributed by atoms with E-state index in [1.165, 1.54) is 12.1 Å². The fourth-order valence-corrected chi connectivity index (χ4v) is 4.20. The predicted molar refractivity (Wildman–Crippen MR) is 129 cm³/mol. The monoisotopic (exact) mass is 468 g/mol. The number of methoxy groups -OCH3 is 1. The third-order valence-corrected chi connectivity index (χ3v) is 6.17. The van der Waals surface area contributed by atoms with Crippen molar-refractivity contribution in [3.63, 3.8) is 0 Å². The lowest BCUT2D eigenvalue weighted by molar-refractivity contribution is -0.120. The van der Waals surface area contributed by atoms with Gasteiger partial charge in [0.2, 0.25) is 5.91 Å². The van der Waals surface area contributed by atoms with Crippen LogP contribution in [-0.2, 0) is 9.53 Å². The van der Waals surface area contributed by atoms with Gasteiger partial charge in [0.05, 0.1) is 25.4 Å². The van der Waals surface area contributed by atoms with Crippen LogP contribution in [-0.4, -0.2) is 67.7 Å². The molecule has 2 N–H and O–H groups in total. The van der Waals surface area contributed by atoms with E-state index in [0.717, 1.165) is 18.8 Å². The number of nitrogens with one attached hydrogen (secondary N) is 2. The highest BCUT2D eigenvalue weighted by Gasteiger charge is 2.28. The first-order valence-corrected chi connectivity index (χ1v) is 11.3. The summed E-state index contributed by atoms with van der Waals surface area (Å²) in [6.07, 6.45) is 0. The zero-order valence-corrected chi connectivity index (χ0v) is 19.6. The molecular formula is C25H29FN4O4. The van der Waals surface area contributed by atoms with E-state index < -0.39 is 12.0 Å². The minimum Gasteiger partial charge on any atom is -0.497 e. The molecule has 0 bridgehead atoms. The molecule has 1 aliphatic rings. The first-order chi connectivity index (χ1) is 16.4. The lowest BCUT2D eigenvalue weighted by Crippen LogP contribution is -2.52. The van der Waals surface area contributed by atoms with Crippen LogP contribution in [0.1, 0.15) is 24.3 Å². The Morgan fingerprint density at radius 1 is 1.12 bits per heavy atom. The standard InChI is InChI=1S/C25H29FN4O4/c1-4-34-25(32)23-22(20-15-19(33-3)9-10-21(20)27-23)28-24(31)16(2)29-11-13-30(14-12-29)18-7-5-17(26)6-8-18/h5-10,15-16,27H,4,11-14H2,1-3H3,(H,28,31). The Hall–Kier alpha value is -3.59. The van der Waals surface area contributed by atoms with Crippen molar-refractivity contribution in [3.05, 3.63) is 54.0 Å². The zero-order valence-electron chi connectivity index (χ0n) is 19.6. The normalized spacial score (nSPS) is 15.2. The van der Waals surface area contributed by atoms with Crippen LogP contribution in [0.4, 0.5) is 15.8 Å². The van der Waals surface area contributed by atoms with Gasteiger partial charge in [-0.2, -0.15) is 0 Å². The van der Waals surface area contributed by atoms with Crippen molar-refractivity contribution in [3.8, 4) is 5.75 Å². The first kappa shape index (κ1) is 23.6. The van der Waals surface area contributed by atoms with Crippen LogP contribution in [0, 0.1) is 5.82 Å². The minimum absolute atomic E-state index is 0.201. The summed E-state index contributed by atoms with van der Waals surface area (Å²) in [5.41, 5.74) is 2.24. The lowest BCUT2D eigenvalue weighted by atomic mass is 10.1. The number of H-pyrrole nitrogens is 1. The number of anilines is 2. The zero-order chi connectivity index (χ0) is 24.2. The molecule has 8 nitrogen and oxygen atoms in total. The minimum atomic E-state index is -0.534. The molecule has 0 aliphatic carbocycles. The average molecular weight is 469 g/mol. The fraction of sp³-hybridized carbons (Fsp3) is 0.360. The number of fused-ring (bicyclic) bond motifs is 1. The number of carbonyl (C=O) groups excluding carboxylic acids is 2. The summed E-state index contributed by atoms with van der Waals surface area (Å²) in [6.45, 7) is 6.61. The number of piperazine rings is 1. The van der Waals surface area contributed by atoms with Crippen molar-refractivity contribution in [1.29, 1.82) is 0 Å². The molecule has 180 valence electrons. The van der Waals surface area contributed by atoms with Gasteiger partial charge < -0.3 is 24.7 Å². The molecule has 1 unspecified atom stereocenters. The highest BCUT2D eigenvalue weighted by molar-refractivity contribution is 6.12. The SMILES string of the molecule is CCOC(=O)c1[nH]c2ccc(OC)cc2c1NC(=O)C(C)N1CCN(c2ccc(F)cc2)CC1. The van der Waals surface area contributed by atoms with Crippen LogP contribution < -0.4 is 15.0 Å². The molecule has 0 spiro atoms. The Morgan fingerprint density at radius 2 is 1.82 bits per heavy atom. The molecule has 1 saturated heterocycles. The van der Waals surface area contributed by atoms with Crippen molar-refractivity contribution in [2.24, 2.45) is 0 Å². The highest BCUT2D eigenvalue weighted by atomic mass is 19.1. The van der Waals surface area contributed by atoms with Crippen molar-refractivity contribution >= 4 is 34.2 Å².